The minimum atomic E-state index is -1.11. The van der Waals surface area contributed by atoms with Gasteiger partial charge >= 0.3 is 12.0 Å². The molecule has 0 saturated heterocycles. The van der Waals surface area contributed by atoms with E-state index in [2.05, 4.69) is 5.32 Å². The van der Waals surface area contributed by atoms with E-state index in [1.165, 1.54) is 18.2 Å². The molecular formula is C13H17ClN2O4. The Morgan fingerprint density at radius 2 is 2.15 bits per heavy atom. The summed E-state index contributed by atoms with van der Waals surface area (Å²) in [5, 5.41) is 11.6. The second-order valence-electron chi connectivity index (χ2n) is 4.00. The van der Waals surface area contributed by atoms with Crippen molar-refractivity contribution in [3.63, 3.8) is 0 Å². The van der Waals surface area contributed by atoms with Crippen molar-refractivity contribution < 1.29 is 19.4 Å². The summed E-state index contributed by atoms with van der Waals surface area (Å²) in [7, 11) is 1.57. The molecule has 110 valence electrons. The summed E-state index contributed by atoms with van der Waals surface area (Å²) in [6.45, 7) is 3.31. The van der Waals surface area contributed by atoms with E-state index in [4.69, 9.17) is 21.4 Å². The number of anilines is 1. The monoisotopic (exact) mass is 300 g/mol. The molecule has 1 rings (SSSR count). The number of rotatable bonds is 6. The van der Waals surface area contributed by atoms with E-state index in [0.717, 1.165) is 0 Å². The first-order valence-corrected chi connectivity index (χ1v) is 6.45. The maximum atomic E-state index is 12.0. The van der Waals surface area contributed by atoms with Gasteiger partial charge in [-0.3, -0.25) is 0 Å². The number of ether oxygens (including phenoxy) is 1. The number of carboxylic acid groups (broad SMARTS) is 1. The smallest absolute Gasteiger partial charge is 0.337 e. The molecule has 0 atom stereocenters. The van der Waals surface area contributed by atoms with Crippen LogP contribution in [-0.4, -0.2) is 48.8 Å². The number of nitrogens with zero attached hydrogens (tertiary/aromatic N) is 1. The standard InChI is InChI=1S/C13H17ClN2O4/c1-3-16(6-7-20-2)13(19)15-9-4-5-10(12(17)18)11(14)8-9/h4-5,8H,3,6-7H2,1-2H3,(H,15,19)(H,17,18). The van der Waals surface area contributed by atoms with Crippen LogP contribution in [0, 0.1) is 0 Å². The molecule has 6 nitrogen and oxygen atoms in total. The molecule has 0 bridgehead atoms. The number of hydrogen-bond acceptors (Lipinski definition) is 3. The molecule has 1 aromatic rings. The molecule has 2 amide bonds. The summed E-state index contributed by atoms with van der Waals surface area (Å²) in [6.07, 6.45) is 0. The quantitative estimate of drug-likeness (QED) is 0.846. The van der Waals surface area contributed by atoms with Crippen LogP contribution in [0.3, 0.4) is 0 Å². The number of urea groups is 1. The number of halogens is 1. The van der Waals surface area contributed by atoms with Gasteiger partial charge in [-0.2, -0.15) is 0 Å². The number of hydrogen-bond donors (Lipinski definition) is 2. The van der Waals surface area contributed by atoms with Crippen molar-refractivity contribution in [2.45, 2.75) is 6.92 Å². The second-order valence-corrected chi connectivity index (χ2v) is 4.41. The molecule has 0 aliphatic rings. The lowest BCUT2D eigenvalue weighted by Crippen LogP contribution is -2.37. The van der Waals surface area contributed by atoms with Crippen LogP contribution in [-0.2, 0) is 4.74 Å². The summed E-state index contributed by atoms with van der Waals surface area (Å²) in [5.74, 6) is -1.11. The van der Waals surface area contributed by atoms with E-state index >= 15 is 0 Å². The Hall–Kier alpha value is -1.79. The number of carboxylic acids is 1. The second kappa shape index (κ2) is 7.72. The lowest BCUT2D eigenvalue weighted by molar-refractivity contribution is 0.0697. The highest BCUT2D eigenvalue weighted by Crippen LogP contribution is 2.21. The number of likely N-dealkylation sites (N-methyl/N-ethyl adjacent to an activating group) is 1. The summed E-state index contributed by atoms with van der Waals surface area (Å²) < 4.78 is 4.93. The van der Waals surface area contributed by atoms with Crippen LogP contribution in [0.4, 0.5) is 10.5 Å². The van der Waals surface area contributed by atoms with Crippen molar-refractivity contribution in [2.75, 3.05) is 32.1 Å². The zero-order valence-electron chi connectivity index (χ0n) is 11.4. The summed E-state index contributed by atoms with van der Waals surface area (Å²) >= 11 is 5.84. The largest absolute Gasteiger partial charge is 0.478 e. The van der Waals surface area contributed by atoms with Gasteiger partial charge in [-0.1, -0.05) is 11.6 Å². The Labute approximate surface area is 122 Å². The molecule has 0 aliphatic carbocycles. The van der Waals surface area contributed by atoms with Crippen LogP contribution < -0.4 is 5.32 Å². The van der Waals surface area contributed by atoms with E-state index < -0.39 is 5.97 Å². The van der Waals surface area contributed by atoms with Crippen LogP contribution in [0.15, 0.2) is 18.2 Å². The number of carbonyl (C=O) groups excluding carboxylic acids is 1. The summed E-state index contributed by atoms with van der Waals surface area (Å²) in [4.78, 5) is 24.4. The summed E-state index contributed by atoms with van der Waals surface area (Å²) in [5.41, 5.74) is 0.442. The zero-order valence-corrected chi connectivity index (χ0v) is 12.1. The minimum Gasteiger partial charge on any atom is -0.478 e. The average Bonchev–Trinajstić information content (AvgIpc) is 2.39. The molecule has 7 heteroatoms. The highest BCUT2D eigenvalue weighted by atomic mass is 35.5. The molecule has 0 unspecified atom stereocenters. The van der Waals surface area contributed by atoms with Crippen molar-refractivity contribution in [3.8, 4) is 0 Å². The Morgan fingerprint density at radius 1 is 1.45 bits per heavy atom. The third kappa shape index (κ3) is 4.40. The molecule has 2 N–H and O–H groups in total. The van der Waals surface area contributed by atoms with Crippen LogP contribution in [0.1, 0.15) is 17.3 Å². The van der Waals surface area contributed by atoms with Crippen molar-refractivity contribution in [1.82, 2.24) is 4.90 Å². The van der Waals surface area contributed by atoms with Gasteiger partial charge in [0.2, 0.25) is 0 Å². The normalized spacial score (nSPS) is 10.2. The molecule has 0 aromatic heterocycles. The Morgan fingerprint density at radius 3 is 2.65 bits per heavy atom. The van der Waals surface area contributed by atoms with Crippen molar-refractivity contribution in [2.24, 2.45) is 0 Å². The molecule has 0 fully saturated rings. The Kier molecular flexibility index (Phi) is 6.27. The Bertz CT molecular complexity index is 493. The van der Waals surface area contributed by atoms with E-state index in [9.17, 15) is 9.59 Å². The number of nitrogens with one attached hydrogen (secondary N) is 1. The molecule has 0 aliphatic heterocycles. The lowest BCUT2D eigenvalue weighted by Gasteiger charge is -2.21. The first-order valence-electron chi connectivity index (χ1n) is 6.07. The summed E-state index contributed by atoms with van der Waals surface area (Å²) in [6, 6.07) is 3.97. The number of amides is 2. The number of benzene rings is 1. The topological polar surface area (TPSA) is 78.9 Å². The first kappa shape index (κ1) is 16.3. The highest BCUT2D eigenvalue weighted by Gasteiger charge is 2.13. The SMILES string of the molecule is CCN(CCOC)C(=O)Nc1ccc(C(=O)O)c(Cl)c1. The van der Waals surface area contributed by atoms with Crippen molar-refractivity contribution in [3.05, 3.63) is 28.8 Å². The van der Waals surface area contributed by atoms with Crippen LogP contribution in [0.2, 0.25) is 5.02 Å². The zero-order chi connectivity index (χ0) is 15.1. The van der Waals surface area contributed by atoms with Crippen LogP contribution in [0.25, 0.3) is 0 Å². The predicted octanol–water partition coefficient (Wildman–Crippen LogP) is 2.54. The van der Waals surface area contributed by atoms with Crippen molar-refractivity contribution >= 4 is 29.3 Å². The van der Waals surface area contributed by atoms with Gasteiger partial charge < -0.3 is 20.1 Å². The highest BCUT2D eigenvalue weighted by molar-refractivity contribution is 6.33. The molecule has 0 saturated carbocycles. The molecule has 0 spiro atoms. The maximum absolute atomic E-state index is 12.0. The molecule has 0 heterocycles. The molecule has 1 aromatic carbocycles. The van der Waals surface area contributed by atoms with E-state index in [1.54, 1.807) is 12.0 Å². The minimum absolute atomic E-state index is 0.00334. The third-order valence-electron chi connectivity index (χ3n) is 2.69. The fourth-order valence-corrected chi connectivity index (χ4v) is 1.83. The van der Waals surface area contributed by atoms with Gasteiger partial charge in [-0.25, -0.2) is 9.59 Å². The number of aromatic carboxylic acids is 1. The fourth-order valence-electron chi connectivity index (χ4n) is 1.57. The van der Waals surface area contributed by atoms with Gasteiger partial charge in [0, 0.05) is 25.9 Å². The van der Waals surface area contributed by atoms with Gasteiger partial charge in [0.05, 0.1) is 17.2 Å². The van der Waals surface area contributed by atoms with E-state index in [-0.39, 0.29) is 16.6 Å². The molecule has 0 radical (unpaired) electrons. The first-order chi connectivity index (χ1) is 9.49. The van der Waals surface area contributed by atoms with Gasteiger partial charge in [0.15, 0.2) is 0 Å². The maximum Gasteiger partial charge on any atom is 0.337 e. The number of carbonyl (C=O) groups is 2. The van der Waals surface area contributed by atoms with Gasteiger partial charge in [0.25, 0.3) is 0 Å². The predicted molar refractivity (Wildman–Crippen MR) is 76.6 cm³/mol. The fraction of sp³-hybridized carbons (Fsp3) is 0.385. The van der Waals surface area contributed by atoms with E-state index in [0.29, 0.717) is 25.4 Å². The van der Waals surface area contributed by atoms with Crippen LogP contribution in [0.5, 0.6) is 0 Å². The third-order valence-corrected chi connectivity index (χ3v) is 3.00. The van der Waals surface area contributed by atoms with Crippen LogP contribution >= 0.6 is 11.6 Å². The molecule has 20 heavy (non-hydrogen) atoms. The molecular weight excluding hydrogens is 284 g/mol. The van der Waals surface area contributed by atoms with Gasteiger partial charge in [-0.05, 0) is 25.1 Å². The van der Waals surface area contributed by atoms with Gasteiger partial charge in [0.1, 0.15) is 0 Å². The Balaban J connectivity index is 2.74. The average molecular weight is 301 g/mol. The van der Waals surface area contributed by atoms with E-state index in [1.807, 2.05) is 6.92 Å². The lowest BCUT2D eigenvalue weighted by atomic mass is 10.2. The van der Waals surface area contributed by atoms with Gasteiger partial charge in [-0.15, -0.1) is 0 Å². The van der Waals surface area contributed by atoms with Crippen molar-refractivity contribution in [1.29, 1.82) is 0 Å². The number of methoxy groups -OCH3 is 1.